The summed E-state index contributed by atoms with van der Waals surface area (Å²) in [5, 5.41) is 0. The lowest BCUT2D eigenvalue weighted by Gasteiger charge is -2.35. The first-order valence-electron chi connectivity index (χ1n) is 6.09. The molecule has 1 amide bonds. The molecule has 3 atom stereocenters. The molecular weight excluding hydrogens is 204 g/mol. The van der Waals surface area contributed by atoms with Gasteiger partial charge in [0.2, 0.25) is 5.91 Å². The monoisotopic (exact) mass is 228 g/mol. The Morgan fingerprint density at radius 3 is 2.81 bits per heavy atom. The van der Waals surface area contributed by atoms with Crippen molar-refractivity contribution in [1.82, 2.24) is 4.90 Å². The molecule has 2 N–H and O–H groups in total. The minimum absolute atomic E-state index is 0.0446. The molecule has 0 aliphatic carbocycles. The second kappa shape index (κ2) is 6.21. The van der Waals surface area contributed by atoms with E-state index in [0.717, 1.165) is 25.9 Å². The van der Waals surface area contributed by atoms with Crippen molar-refractivity contribution in [3.05, 3.63) is 0 Å². The van der Waals surface area contributed by atoms with Gasteiger partial charge >= 0.3 is 0 Å². The molecule has 0 spiro atoms. The maximum Gasteiger partial charge on any atom is 0.227 e. The fourth-order valence-electron chi connectivity index (χ4n) is 2.27. The molecule has 1 fully saturated rings. The van der Waals surface area contributed by atoms with E-state index in [1.165, 1.54) is 0 Å². The highest BCUT2D eigenvalue weighted by molar-refractivity contribution is 5.78. The van der Waals surface area contributed by atoms with Crippen LogP contribution in [0, 0.1) is 11.8 Å². The number of carbonyl (C=O) groups excluding carboxylic acids is 1. The predicted molar refractivity (Wildman–Crippen MR) is 64.0 cm³/mol. The van der Waals surface area contributed by atoms with Crippen LogP contribution in [0.15, 0.2) is 0 Å². The third-order valence-electron chi connectivity index (χ3n) is 3.35. The average molecular weight is 228 g/mol. The van der Waals surface area contributed by atoms with Crippen molar-refractivity contribution in [2.75, 3.05) is 26.8 Å². The topological polar surface area (TPSA) is 55.6 Å². The predicted octanol–water partition coefficient (Wildman–Crippen LogP) is 0.855. The number of carbonyl (C=O) groups is 1. The highest BCUT2D eigenvalue weighted by atomic mass is 16.5. The molecule has 1 rings (SSSR count). The van der Waals surface area contributed by atoms with Crippen LogP contribution in [-0.2, 0) is 9.53 Å². The van der Waals surface area contributed by atoms with E-state index in [2.05, 4.69) is 0 Å². The zero-order valence-electron chi connectivity index (χ0n) is 10.6. The standard InChI is InChI=1S/C12H24N2O2/c1-9(8-16-3)12(15)14-6-4-5-11(7-14)10(2)13/h9-11H,4-8,13H2,1-3H3/t9-,10-,11+/m0/s1. The summed E-state index contributed by atoms with van der Waals surface area (Å²) in [6, 6.07) is 0.174. The lowest BCUT2D eigenvalue weighted by Crippen LogP contribution is -2.47. The smallest absolute Gasteiger partial charge is 0.227 e. The zero-order chi connectivity index (χ0) is 12.1. The second-order valence-electron chi connectivity index (χ2n) is 4.90. The number of amides is 1. The third kappa shape index (κ3) is 3.46. The summed E-state index contributed by atoms with van der Waals surface area (Å²) < 4.78 is 5.02. The Balaban J connectivity index is 2.49. The van der Waals surface area contributed by atoms with E-state index in [4.69, 9.17) is 10.5 Å². The largest absolute Gasteiger partial charge is 0.384 e. The van der Waals surface area contributed by atoms with Gasteiger partial charge in [-0.1, -0.05) is 6.92 Å². The molecule has 0 bridgehead atoms. The summed E-state index contributed by atoms with van der Waals surface area (Å²) in [5.74, 6) is 0.608. The minimum Gasteiger partial charge on any atom is -0.384 e. The minimum atomic E-state index is -0.0446. The SMILES string of the molecule is COC[C@H](C)C(=O)N1CCC[C@@H]([C@H](C)N)C1. The van der Waals surface area contributed by atoms with Gasteiger partial charge in [-0.15, -0.1) is 0 Å². The average Bonchev–Trinajstić information content (AvgIpc) is 2.28. The van der Waals surface area contributed by atoms with Gasteiger partial charge in [0.25, 0.3) is 0 Å². The Morgan fingerprint density at radius 2 is 2.25 bits per heavy atom. The Morgan fingerprint density at radius 1 is 1.56 bits per heavy atom. The van der Waals surface area contributed by atoms with Crippen molar-refractivity contribution < 1.29 is 9.53 Å². The first kappa shape index (κ1) is 13.5. The number of likely N-dealkylation sites (tertiary alicyclic amines) is 1. The van der Waals surface area contributed by atoms with E-state index in [-0.39, 0.29) is 17.9 Å². The van der Waals surface area contributed by atoms with Crippen LogP contribution >= 0.6 is 0 Å². The van der Waals surface area contributed by atoms with E-state index in [1.807, 2.05) is 18.7 Å². The van der Waals surface area contributed by atoms with Crippen molar-refractivity contribution >= 4 is 5.91 Å². The molecule has 16 heavy (non-hydrogen) atoms. The van der Waals surface area contributed by atoms with Gasteiger partial charge in [-0.25, -0.2) is 0 Å². The molecule has 0 aromatic carbocycles. The van der Waals surface area contributed by atoms with Crippen LogP contribution in [0.1, 0.15) is 26.7 Å². The molecule has 4 heteroatoms. The zero-order valence-corrected chi connectivity index (χ0v) is 10.6. The van der Waals surface area contributed by atoms with E-state index in [0.29, 0.717) is 12.5 Å². The van der Waals surface area contributed by atoms with Gasteiger partial charge < -0.3 is 15.4 Å². The Labute approximate surface area is 98.1 Å². The highest BCUT2D eigenvalue weighted by Crippen LogP contribution is 2.20. The molecule has 0 radical (unpaired) electrons. The van der Waals surface area contributed by atoms with E-state index < -0.39 is 0 Å². The number of rotatable bonds is 4. The number of nitrogens with zero attached hydrogens (tertiary/aromatic N) is 1. The first-order chi connectivity index (χ1) is 7.56. The lowest BCUT2D eigenvalue weighted by atomic mass is 9.91. The third-order valence-corrected chi connectivity index (χ3v) is 3.35. The van der Waals surface area contributed by atoms with Gasteiger partial charge in [0.15, 0.2) is 0 Å². The molecule has 1 aliphatic heterocycles. The number of piperidine rings is 1. The van der Waals surface area contributed by atoms with E-state index in [9.17, 15) is 4.79 Å². The summed E-state index contributed by atoms with van der Waals surface area (Å²) in [5.41, 5.74) is 5.90. The molecular formula is C12H24N2O2. The Bertz CT molecular complexity index is 231. The van der Waals surface area contributed by atoms with Gasteiger partial charge in [0.05, 0.1) is 12.5 Å². The van der Waals surface area contributed by atoms with Gasteiger partial charge in [-0.2, -0.15) is 0 Å². The number of nitrogens with two attached hydrogens (primary N) is 1. The number of methoxy groups -OCH3 is 1. The van der Waals surface area contributed by atoms with Crippen molar-refractivity contribution in [2.45, 2.75) is 32.7 Å². The van der Waals surface area contributed by atoms with Crippen LogP contribution in [0.3, 0.4) is 0 Å². The maximum atomic E-state index is 12.1. The fraction of sp³-hybridized carbons (Fsp3) is 0.917. The van der Waals surface area contributed by atoms with Crippen LogP contribution in [0.25, 0.3) is 0 Å². The summed E-state index contributed by atoms with van der Waals surface area (Å²) in [7, 11) is 1.63. The highest BCUT2D eigenvalue weighted by Gasteiger charge is 2.28. The quantitative estimate of drug-likeness (QED) is 0.776. The van der Waals surface area contributed by atoms with Crippen LogP contribution in [0.4, 0.5) is 0 Å². The molecule has 94 valence electrons. The number of hydrogen-bond acceptors (Lipinski definition) is 3. The molecule has 1 aliphatic rings. The summed E-state index contributed by atoms with van der Waals surface area (Å²) in [6.07, 6.45) is 2.21. The van der Waals surface area contributed by atoms with E-state index >= 15 is 0 Å². The first-order valence-corrected chi connectivity index (χ1v) is 6.09. The van der Waals surface area contributed by atoms with Crippen LogP contribution in [-0.4, -0.2) is 43.7 Å². The molecule has 1 saturated heterocycles. The molecule has 0 aromatic heterocycles. The Kier molecular flexibility index (Phi) is 5.22. The molecule has 0 unspecified atom stereocenters. The molecule has 4 nitrogen and oxygen atoms in total. The van der Waals surface area contributed by atoms with Crippen molar-refractivity contribution in [2.24, 2.45) is 17.6 Å². The van der Waals surface area contributed by atoms with Crippen LogP contribution in [0.2, 0.25) is 0 Å². The fourth-order valence-corrected chi connectivity index (χ4v) is 2.27. The van der Waals surface area contributed by atoms with Gasteiger partial charge in [0.1, 0.15) is 0 Å². The van der Waals surface area contributed by atoms with Crippen molar-refractivity contribution in [1.29, 1.82) is 0 Å². The van der Waals surface area contributed by atoms with Gasteiger partial charge in [-0.05, 0) is 25.7 Å². The molecule has 1 heterocycles. The lowest BCUT2D eigenvalue weighted by molar-refractivity contribution is -0.138. The summed E-state index contributed by atoms with van der Waals surface area (Å²) in [6.45, 7) is 6.12. The van der Waals surface area contributed by atoms with Crippen LogP contribution in [0.5, 0.6) is 0 Å². The number of ether oxygens (including phenoxy) is 1. The molecule has 0 saturated carbocycles. The number of hydrogen-bond donors (Lipinski definition) is 1. The summed E-state index contributed by atoms with van der Waals surface area (Å²) >= 11 is 0. The van der Waals surface area contributed by atoms with Crippen molar-refractivity contribution in [3.63, 3.8) is 0 Å². The summed E-state index contributed by atoms with van der Waals surface area (Å²) in [4.78, 5) is 14.0. The van der Waals surface area contributed by atoms with Crippen LogP contribution < -0.4 is 5.73 Å². The second-order valence-corrected chi connectivity index (χ2v) is 4.90. The normalized spacial score (nSPS) is 25.2. The van der Waals surface area contributed by atoms with E-state index in [1.54, 1.807) is 7.11 Å². The van der Waals surface area contributed by atoms with Gasteiger partial charge in [-0.3, -0.25) is 4.79 Å². The Hall–Kier alpha value is -0.610. The van der Waals surface area contributed by atoms with Crippen molar-refractivity contribution in [3.8, 4) is 0 Å². The van der Waals surface area contributed by atoms with Gasteiger partial charge in [0, 0.05) is 26.2 Å². The molecule has 0 aromatic rings. The maximum absolute atomic E-state index is 12.1.